The van der Waals surface area contributed by atoms with Gasteiger partial charge in [0.2, 0.25) is 0 Å². The second kappa shape index (κ2) is 8.69. The molecule has 2 heterocycles. The second-order valence-corrected chi connectivity index (χ2v) is 8.01. The Morgan fingerprint density at radius 2 is 1.83 bits per heavy atom. The minimum Gasteiger partial charge on any atom is -0.493 e. The maximum atomic E-state index is 12.5. The minimum atomic E-state index is -0.110. The van der Waals surface area contributed by atoms with Gasteiger partial charge in [0.25, 0.3) is 5.56 Å². The highest BCUT2D eigenvalue weighted by molar-refractivity contribution is 5.83. The molecule has 3 aromatic rings. The van der Waals surface area contributed by atoms with Crippen LogP contribution in [-0.4, -0.2) is 32.3 Å². The summed E-state index contributed by atoms with van der Waals surface area (Å²) in [5.74, 6) is 1.98. The van der Waals surface area contributed by atoms with Crippen molar-refractivity contribution in [3.05, 3.63) is 58.4 Å². The van der Waals surface area contributed by atoms with Crippen molar-refractivity contribution in [1.29, 1.82) is 0 Å². The third-order valence-corrected chi connectivity index (χ3v) is 5.80. The number of hydrogen-bond donors (Lipinski definition) is 2. The zero-order valence-corrected chi connectivity index (χ0v) is 17.8. The Balaban J connectivity index is 1.49. The molecule has 0 radical (unpaired) electrons. The smallest absolute Gasteiger partial charge is 0.253 e. The first kappa shape index (κ1) is 20.1. The summed E-state index contributed by atoms with van der Waals surface area (Å²) in [7, 11) is 3.18. The fourth-order valence-corrected chi connectivity index (χ4v) is 4.12. The van der Waals surface area contributed by atoms with Crippen LogP contribution in [0, 0.1) is 5.92 Å². The number of hydrogen-bond acceptors (Lipinski definition) is 5. The van der Waals surface area contributed by atoms with Crippen molar-refractivity contribution < 1.29 is 9.47 Å². The Morgan fingerprint density at radius 3 is 2.53 bits per heavy atom. The number of benzene rings is 2. The van der Waals surface area contributed by atoms with Gasteiger partial charge in [0, 0.05) is 48.0 Å². The van der Waals surface area contributed by atoms with Gasteiger partial charge in [0.15, 0.2) is 11.5 Å². The maximum Gasteiger partial charge on any atom is 0.253 e. The molecule has 0 bridgehead atoms. The number of fused-ring (bicyclic) bond motifs is 1. The summed E-state index contributed by atoms with van der Waals surface area (Å²) in [6.07, 6.45) is 2.57. The number of H-pyrrole nitrogens is 1. The average molecular weight is 408 g/mol. The number of nitrogens with zero attached hydrogens (tertiary/aromatic N) is 1. The van der Waals surface area contributed by atoms with Gasteiger partial charge >= 0.3 is 0 Å². The molecule has 158 valence electrons. The summed E-state index contributed by atoms with van der Waals surface area (Å²) in [6, 6.07) is 14.0. The monoisotopic (exact) mass is 407 g/mol. The van der Waals surface area contributed by atoms with Crippen LogP contribution in [0.1, 0.15) is 25.3 Å². The van der Waals surface area contributed by atoms with Crippen LogP contribution in [-0.2, 0) is 6.54 Å². The molecule has 0 saturated carbocycles. The van der Waals surface area contributed by atoms with E-state index in [1.54, 1.807) is 20.3 Å². The Labute approximate surface area is 176 Å². The number of methoxy groups -OCH3 is 2. The van der Waals surface area contributed by atoms with Crippen molar-refractivity contribution in [3.63, 3.8) is 0 Å². The number of anilines is 2. The van der Waals surface area contributed by atoms with E-state index in [9.17, 15) is 4.79 Å². The van der Waals surface area contributed by atoms with E-state index < -0.39 is 0 Å². The molecular formula is C24H29N3O3. The van der Waals surface area contributed by atoms with Gasteiger partial charge < -0.3 is 24.7 Å². The molecule has 0 amide bonds. The standard InChI is InChI=1S/C24H29N3O3/c1-16-5-4-10-27(15-16)20-8-6-19(7-9-20)25-14-18-11-17-12-22(29-2)23(30-3)13-21(17)26-24(18)28/h6-9,11-13,16,25H,4-5,10,14-15H2,1-3H3,(H,26,28)/t16-/m0/s1. The maximum absolute atomic E-state index is 12.5. The lowest BCUT2D eigenvalue weighted by atomic mass is 10.00. The second-order valence-electron chi connectivity index (χ2n) is 8.01. The van der Waals surface area contributed by atoms with Crippen LogP contribution < -0.4 is 25.2 Å². The van der Waals surface area contributed by atoms with Gasteiger partial charge in [0.05, 0.1) is 19.7 Å². The number of piperidine rings is 1. The molecule has 2 aromatic carbocycles. The minimum absolute atomic E-state index is 0.110. The Bertz CT molecular complexity index is 1080. The summed E-state index contributed by atoms with van der Waals surface area (Å²) in [4.78, 5) is 17.9. The highest BCUT2D eigenvalue weighted by atomic mass is 16.5. The third-order valence-electron chi connectivity index (χ3n) is 5.80. The van der Waals surface area contributed by atoms with Crippen LogP contribution in [0.15, 0.2) is 47.3 Å². The lowest BCUT2D eigenvalue weighted by molar-refractivity contribution is 0.356. The number of aromatic amines is 1. The molecule has 2 N–H and O–H groups in total. The van der Waals surface area contributed by atoms with Crippen molar-refractivity contribution in [2.45, 2.75) is 26.3 Å². The highest BCUT2D eigenvalue weighted by Gasteiger charge is 2.16. The number of rotatable bonds is 6. The fraction of sp³-hybridized carbons (Fsp3) is 0.375. The summed E-state index contributed by atoms with van der Waals surface area (Å²) < 4.78 is 10.7. The molecule has 6 nitrogen and oxygen atoms in total. The molecule has 1 aromatic heterocycles. The Hall–Kier alpha value is -3.15. The molecule has 30 heavy (non-hydrogen) atoms. The molecule has 1 saturated heterocycles. The van der Waals surface area contributed by atoms with Crippen molar-refractivity contribution in [3.8, 4) is 11.5 Å². The topological polar surface area (TPSA) is 66.6 Å². The van der Waals surface area contributed by atoms with Crippen LogP contribution in [0.3, 0.4) is 0 Å². The van der Waals surface area contributed by atoms with E-state index in [2.05, 4.69) is 46.4 Å². The molecule has 0 aliphatic carbocycles. The predicted molar refractivity (Wildman–Crippen MR) is 122 cm³/mol. The lowest BCUT2D eigenvalue weighted by Gasteiger charge is -2.32. The average Bonchev–Trinajstić information content (AvgIpc) is 2.77. The first-order chi connectivity index (χ1) is 14.6. The Kier molecular flexibility index (Phi) is 5.84. The predicted octanol–water partition coefficient (Wildman–Crippen LogP) is 4.39. The molecule has 6 heteroatoms. The number of pyridine rings is 1. The molecule has 1 atom stereocenters. The van der Waals surface area contributed by atoms with E-state index in [1.165, 1.54) is 18.5 Å². The molecule has 1 aliphatic rings. The van der Waals surface area contributed by atoms with Crippen LogP contribution in [0.25, 0.3) is 10.9 Å². The molecule has 0 unspecified atom stereocenters. The van der Waals surface area contributed by atoms with Crippen LogP contribution >= 0.6 is 0 Å². The zero-order valence-electron chi connectivity index (χ0n) is 17.8. The third kappa shape index (κ3) is 4.22. The zero-order chi connectivity index (χ0) is 21.1. The van der Waals surface area contributed by atoms with E-state index in [-0.39, 0.29) is 5.56 Å². The summed E-state index contributed by atoms with van der Waals surface area (Å²) in [6.45, 7) is 5.00. The van der Waals surface area contributed by atoms with Gasteiger partial charge in [-0.2, -0.15) is 0 Å². The van der Waals surface area contributed by atoms with Gasteiger partial charge in [-0.1, -0.05) is 6.92 Å². The summed E-state index contributed by atoms with van der Waals surface area (Å²) >= 11 is 0. The van der Waals surface area contributed by atoms with Gasteiger partial charge in [-0.05, 0) is 55.2 Å². The number of aromatic nitrogens is 1. The van der Waals surface area contributed by atoms with Crippen molar-refractivity contribution in [2.24, 2.45) is 5.92 Å². The fourth-order valence-electron chi connectivity index (χ4n) is 4.12. The van der Waals surface area contributed by atoms with Crippen molar-refractivity contribution >= 4 is 22.3 Å². The van der Waals surface area contributed by atoms with Gasteiger partial charge in [-0.3, -0.25) is 4.79 Å². The van der Waals surface area contributed by atoms with Gasteiger partial charge in [0.1, 0.15) is 0 Å². The summed E-state index contributed by atoms with van der Waals surface area (Å²) in [5, 5.41) is 4.26. The normalized spacial score (nSPS) is 16.5. The molecule has 1 aliphatic heterocycles. The quantitative estimate of drug-likeness (QED) is 0.634. The first-order valence-corrected chi connectivity index (χ1v) is 10.4. The van der Waals surface area contributed by atoms with E-state index in [0.717, 1.165) is 35.6 Å². The Morgan fingerprint density at radius 1 is 1.10 bits per heavy atom. The van der Waals surface area contributed by atoms with E-state index in [4.69, 9.17) is 9.47 Å². The summed E-state index contributed by atoms with van der Waals surface area (Å²) in [5.41, 5.74) is 3.54. The van der Waals surface area contributed by atoms with Crippen LogP contribution in [0.5, 0.6) is 11.5 Å². The lowest BCUT2D eigenvalue weighted by Crippen LogP contribution is -2.34. The van der Waals surface area contributed by atoms with E-state index in [0.29, 0.717) is 23.6 Å². The highest BCUT2D eigenvalue weighted by Crippen LogP contribution is 2.31. The molecule has 1 fully saturated rings. The van der Waals surface area contributed by atoms with Gasteiger partial charge in [-0.25, -0.2) is 0 Å². The molecular weight excluding hydrogens is 378 g/mol. The first-order valence-electron chi connectivity index (χ1n) is 10.4. The van der Waals surface area contributed by atoms with Crippen molar-refractivity contribution in [1.82, 2.24) is 4.98 Å². The van der Waals surface area contributed by atoms with E-state index in [1.807, 2.05) is 12.1 Å². The van der Waals surface area contributed by atoms with Crippen LogP contribution in [0.2, 0.25) is 0 Å². The number of ether oxygens (including phenoxy) is 2. The SMILES string of the molecule is COc1cc2cc(CNc3ccc(N4CCC[C@H](C)C4)cc3)c(=O)[nH]c2cc1OC. The van der Waals surface area contributed by atoms with E-state index >= 15 is 0 Å². The van der Waals surface area contributed by atoms with Gasteiger partial charge in [-0.15, -0.1) is 0 Å². The van der Waals surface area contributed by atoms with Crippen LogP contribution in [0.4, 0.5) is 11.4 Å². The molecule has 0 spiro atoms. The largest absolute Gasteiger partial charge is 0.493 e. The van der Waals surface area contributed by atoms with Crippen molar-refractivity contribution in [2.75, 3.05) is 37.5 Å². The molecule has 4 rings (SSSR count). The number of nitrogens with one attached hydrogen (secondary N) is 2.